The number of anilines is 2. The second-order valence-corrected chi connectivity index (χ2v) is 11.4. The number of piperidine rings is 1. The maximum Gasteiger partial charge on any atom is 0.320 e. The molecule has 0 bridgehead atoms. The van der Waals surface area contributed by atoms with E-state index >= 15 is 0 Å². The number of benzene rings is 1. The summed E-state index contributed by atoms with van der Waals surface area (Å²) < 4.78 is 11.0. The summed E-state index contributed by atoms with van der Waals surface area (Å²) in [6.45, 7) is 9.74. The number of rotatable bonds is 4. The molecule has 3 fully saturated rings. The van der Waals surface area contributed by atoms with Gasteiger partial charge in [-0.2, -0.15) is 0 Å². The third kappa shape index (κ3) is 4.96. The van der Waals surface area contributed by atoms with Crippen LogP contribution in [0.5, 0.6) is 0 Å². The Bertz CT molecular complexity index is 1100. The summed E-state index contributed by atoms with van der Waals surface area (Å²) in [7, 11) is 0. The molecule has 3 saturated heterocycles. The molecule has 4 heterocycles. The van der Waals surface area contributed by atoms with E-state index in [-0.39, 0.29) is 30.7 Å². The number of hydrogen-bond acceptors (Lipinski definition) is 8. The fourth-order valence-electron chi connectivity index (χ4n) is 5.94. The van der Waals surface area contributed by atoms with Crippen LogP contribution in [0, 0.1) is 0 Å². The van der Waals surface area contributed by atoms with E-state index in [0.717, 1.165) is 30.0 Å². The van der Waals surface area contributed by atoms with E-state index < -0.39 is 23.0 Å². The number of fused-ring (bicyclic) bond motifs is 2. The molecule has 0 aliphatic carbocycles. The van der Waals surface area contributed by atoms with Crippen LogP contribution in [-0.2, 0) is 34.1 Å². The predicted molar refractivity (Wildman–Crippen MR) is 136 cm³/mol. The number of nitrogens with zero attached hydrogens (tertiary/aromatic N) is 3. The Balaban J connectivity index is 1.37. The summed E-state index contributed by atoms with van der Waals surface area (Å²) in [6.07, 6.45) is 1.68. The van der Waals surface area contributed by atoms with Crippen LogP contribution in [0.15, 0.2) is 18.2 Å². The summed E-state index contributed by atoms with van der Waals surface area (Å²) in [5.74, 6) is -1.01. The van der Waals surface area contributed by atoms with Crippen molar-refractivity contribution in [3.8, 4) is 0 Å². The molecule has 1 aromatic rings. The van der Waals surface area contributed by atoms with Gasteiger partial charge in [0, 0.05) is 51.5 Å². The van der Waals surface area contributed by atoms with E-state index in [9.17, 15) is 19.2 Å². The largest absolute Gasteiger partial charge is 0.459 e. The van der Waals surface area contributed by atoms with Crippen molar-refractivity contribution in [2.24, 2.45) is 0 Å². The normalized spacial score (nSPS) is 24.3. The SMILES string of the molecule is CC(C)(C)OC(=O)CN1CCN(c2ccc3c(c2)N(C2CCC(=O)NC2=O)C(=O)C32CCOCC2)CC1. The van der Waals surface area contributed by atoms with E-state index in [1.165, 1.54) is 0 Å². The maximum atomic E-state index is 13.9. The zero-order valence-corrected chi connectivity index (χ0v) is 21.9. The van der Waals surface area contributed by atoms with Gasteiger partial charge >= 0.3 is 5.97 Å². The maximum absolute atomic E-state index is 13.9. The first-order chi connectivity index (χ1) is 17.6. The summed E-state index contributed by atoms with van der Waals surface area (Å²) in [5, 5.41) is 2.41. The lowest BCUT2D eigenvalue weighted by molar-refractivity contribution is -0.156. The van der Waals surface area contributed by atoms with Gasteiger partial charge in [0.05, 0.1) is 17.6 Å². The van der Waals surface area contributed by atoms with Crippen LogP contribution in [0.4, 0.5) is 11.4 Å². The third-order valence-corrected chi connectivity index (χ3v) is 7.76. The second kappa shape index (κ2) is 9.72. The molecule has 0 saturated carbocycles. The standard InChI is InChI=1S/C27H36N4O6/c1-26(2,3)37-23(33)17-29-10-12-30(13-11-29)18-4-5-19-21(16-18)31(20-6-7-22(32)28-24(20)34)25(35)27(19)8-14-36-15-9-27/h4-5,16,20H,6-15,17H2,1-3H3,(H,28,32,34). The van der Waals surface area contributed by atoms with Gasteiger partial charge in [-0.3, -0.25) is 34.3 Å². The van der Waals surface area contributed by atoms with Gasteiger partial charge in [0.2, 0.25) is 17.7 Å². The Morgan fingerprint density at radius 2 is 1.81 bits per heavy atom. The number of nitrogens with one attached hydrogen (secondary N) is 1. The van der Waals surface area contributed by atoms with Gasteiger partial charge in [-0.15, -0.1) is 0 Å². The highest BCUT2D eigenvalue weighted by atomic mass is 16.6. The molecule has 3 amide bonds. The van der Waals surface area contributed by atoms with Crippen molar-refractivity contribution in [2.45, 2.75) is 63.5 Å². The van der Waals surface area contributed by atoms with Crippen LogP contribution in [0.3, 0.4) is 0 Å². The molecule has 4 aliphatic rings. The Kier molecular flexibility index (Phi) is 6.74. The molecule has 1 N–H and O–H groups in total. The van der Waals surface area contributed by atoms with Crippen LogP contribution in [0.25, 0.3) is 0 Å². The van der Waals surface area contributed by atoms with E-state index in [4.69, 9.17) is 9.47 Å². The Morgan fingerprint density at radius 3 is 2.46 bits per heavy atom. The first kappa shape index (κ1) is 25.7. The number of carbonyl (C=O) groups is 4. The van der Waals surface area contributed by atoms with Crippen LogP contribution >= 0.6 is 0 Å². The minimum atomic E-state index is -0.702. The molecule has 4 aliphatic heterocycles. The van der Waals surface area contributed by atoms with Gasteiger partial charge < -0.3 is 14.4 Å². The van der Waals surface area contributed by atoms with Crippen molar-refractivity contribution < 1.29 is 28.7 Å². The van der Waals surface area contributed by atoms with E-state index in [1.54, 1.807) is 4.90 Å². The smallest absolute Gasteiger partial charge is 0.320 e. The van der Waals surface area contributed by atoms with Crippen molar-refractivity contribution in [3.63, 3.8) is 0 Å². The molecule has 0 aromatic heterocycles. The number of ether oxygens (including phenoxy) is 2. The quantitative estimate of drug-likeness (QED) is 0.476. The first-order valence-electron chi connectivity index (χ1n) is 13.2. The van der Waals surface area contributed by atoms with Gasteiger partial charge in [-0.05, 0) is 57.7 Å². The fourth-order valence-corrected chi connectivity index (χ4v) is 5.94. The molecule has 10 nitrogen and oxygen atoms in total. The van der Waals surface area contributed by atoms with Crippen LogP contribution in [0.2, 0.25) is 0 Å². The van der Waals surface area contributed by atoms with Crippen molar-refractivity contribution in [3.05, 3.63) is 23.8 Å². The van der Waals surface area contributed by atoms with Gasteiger partial charge in [-0.25, -0.2) is 0 Å². The van der Waals surface area contributed by atoms with Crippen molar-refractivity contribution in [2.75, 3.05) is 55.7 Å². The number of carbonyl (C=O) groups excluding carboxylic acids is 4. The van der Waals surface area contributed by atoms with Crippen LogP contribution in [0.1, 0.15) is 52.0 Å². The average Bonchev–Trinajstić information content (AvgIpc) is 3.06. The van der Waals surface area contributed by atoms with Crippen LogP contribution < -0.4 is 15.1 Å². The lowest BCUT2D eigenvalue weighted by Gasteiger charge is -2.36. The fraction of sp³-hybridized carbons (Fsp3) is 0.630. The number of hydrogen-bond donors (Lipinski definition) is 1. The summed E-state index contributed by atoms with van der Waals surface area (Å²) in [5.41, 5.74) is 1.48. The van der Waals surface area contributed by atoms with Gasteiger partial charge in [0.15, 0.2) is 0 Å². The zero-order valence-electron chi connectivity index (χ0n) is 21.9. The van der Waals surface area contributed by atoms with Gasteiger partial charge in [-0.1, -0.05) is 6.07 Å². The summed E-state index contributed by atoms with van der Waals surface area (Å²) >= 11 is 0. The molecular weight excluding hydrogens is 476 g/mol. The number of amides is 3. The molecule has 200 valence electrons. The number of imide groups is 1. The molecule has 1 aromatic carbocycles. The monoisotopic (exact) mass is 512 g/mol. The third-order valence-electron chi connectivity index (χ3n) is 7.76. The molecule has 1 atom stereocenters. The minimum Gasteiger partial charge on any atom is -0.459 e. The second-order valence-electron chi connectivity index (χ2n) is 11.4. The molecule has 37 heavy (non-hydrogen) atoms. The highest BCUT2D eigenvalue weighted by Gasteiger charge is 2.54. The number of piperazine rings is 1. The van der Waals surface area contributed by atoms with Crippen molar-refractivity contribution >= 4 is 35.1 Å². The van der Waals surface area contributed by atoms with Crippen molar-refractivity contribution in [1.29, 1.82) is 0 Å². The molecule has 1 spiro atoms. The van der Waals surface area contributed by atoms with E-state index in [0.29, 0.717) is 45.6 Å². The number of esters is 1. The molecular formula is C27H36N4O6. The first-order valence-corrected chi connectivity index (χ1v) is 13.2. The topological polar surface area (TPSA) is 108 Å². The Hall–Kier alpha value is -2.98. The Labute approximate surface area is 217 Å². The predicted octanol–water partition coefficient (Wildman–Crippen LogP) is 1.35. The zero-order chi connectivity index (χ0) is 26.4. The van der Waals surface area contributed by atoms with Gasteiger partial charge in [0.1, 0.15) is 11.6 Å². The summed E-state index contributed by atoms with van der Waals surface area (Å²) in [6, 6.07) is 5.41. The van der Waals surface area contributed by atoms with E-state index in [1.807, 2.05) is 32.9 Å². The lowest BCUT2D eigenvalue weighted by Crippen LogP contribution is -2.56. The molecule has 1 unspecified atom stereocenters. The highest BCUT2D eigenvalue weighted by Crippen LogP contribution is 2.50. The molecule has 0 radical (unpaired) electrons. The van der Waals surface area contributed by atoms with Crippen LogP contribution in [-0.4, -0.2) is 86.2 Å². The Morgan fingerprint density at radius 1 is 1.11 bits per heavy atom. The average molecular weight is 513 g/mol. The highest BCUT2D eigenvalue weighted by molar-refractivity contribution is 6.14. The minimum absolute atomic E-state index is 0.0698. The molecule has 5 rings (SSSR count). The molecule has 10 heteroatoms. The van der Waals surface area contributed by atoms with E-state index in [2.05, 4.69) is 21.2 Å². The lowest BCUT2D eigenvalue weighted by atomic mass is 9.75. The van der Waals surface area contributed by atoms with Gasteiger partial charge in [0.25, 0.3) is 0 Å². The summed E-state index contributed by atoms with van der Waals surface area (Å²) in [4.78, 5) is 56.8. The van der Waals surface area contributed by atoms with Crippen molar-refractivity contribution in [1.82, 2.24) is 10.2 Å².